The number of rotatable bonds is 3. The van der Waals surface area contributed by atoms with Gasteiger partial charge in [0.2, 0.25) is 5.96 Å². The molecule has 1 aromatic carbocycles. The topological polar surface area (TPSA) is 68.9 Å². The normalized spacial score (nSPS) is 16.1. The maximum atomic E-state index is 12.0. The summed E-state index contributed by atoms with van der Waals surface area (Å²) in [6, 6.07) is 11.6. The van der Waals surface area contributed by atoms with Crippen molar-refractivity contribution in [2.75, 3.05) is 20.2 Å². The Kier molecular flexibility index (Phi) is 5.36. The molecule has 0 saturated carbocycles. The van der Waals surface area contributed by atoms with Crippen molar-refractivity contribution in [3.8, 4) is 6.07 Å². The molecule has 2 aliphatic heterocycles. The minimum atomic E-state index is -0.367. The molecule has 3 heterocycles. The van der Waals surface area contributed by atoms with E-state index in [2.05, 4.69) is 22.4 Å². The zero-order valence-electron chi connectivity index (χ0n) is 16.4. The van der Waals surface area contributed by atoms with Gasteiger partial charge < -0.3 is 14.5 Å². The Morgan fingerprint density at radius 2 is 2.07 bits per heavy atom. The van der Waals surface area contributed by atoms with Gasteiger partial charge in [-0.15, -0.1) is 11.3 Å². The van der Waals surface area contributed by atoms with E-state index in [-0.39, 0.29) is 5.97 Å². The first-order valence-corrected chi connectivity index (χ1v) is 10.4. The summed E-state index contributed by atoms with van der Waals surface area (Å²) in [5, 5.41) is 9.50. The summed E-state index contributed by atoms with van der Waals surface area (Å²) in [5.41, 5.74) is 3.12. The fraction of sp³-hybridized carbons (Fsp3) is 0.318. The molecule has 1 aromatic heterocycles. The lowest BCUT2D eigenvalue weighted by atomic mass is 10.1. The van der Waals surface area contributed by atoms with E-state index in [1.54, 1.807) is 6.07 Å². The Morgan fingerprint density at radius 1 is 1.31 bits per heavy atom. The zero-order valence-corrected chi connectivity index (χ0v) is 17.2. The second-order valence-electron chi connectivity index (χ2n) is 7.08. The Hall–Kier alpha value is -3.11. The first-order valence-electron chi connectivity index (χ1n) is 9.63. The first-order chi connectivity index (χ1) is 14.1. The molecular weight excluding hydrogens is 384 g/mol. The van der Waals surface area contributed by atoms with Gasteiger partial charge in [0.05, 0.1) is 41.5 Å². The summed E-state index contributed by atoms with van der Waals surface area (Å²) in [6.45, 7) is 6.70. The van der Waals surface area contributed by atoms with Gasteiger partial charge in [-0.05, 0) is 37.0 Å². The number of fused-ring (bicyclic) bond motifs is 1. The number of carbonyl (C=O) groups is 1. The fourth-order valence-corrected chi connectivity index (χ4v) is 4.72. The van der Waals surface area contributed by atoms with Gasteiger partial charge in [-0.2, -0.15) is 5.26 Å². The molecule has 2 aliphatic rings. The van der Waals surface area contributed by atoms with Crippen LogP contribution in [0.1, 0.15) is 44.9 Å². The largest absolute Gasteiger partial charge is 0.465 e. The summed E-state index contributed by atoms with van der Waals surface area (Å²) < 4.78 is 4.88. The molecule has 0 radical (unpaired) electrons. The number of benzene rings is 1. The van der Waals surface area contributed by atoms with Crippen LogP contribution in [-0.2, 0) is 11.3 Å². The fourth-order valence-electron chi connectivity index (χ4n) is 3.72. The molecule has 7 heteroatoms. The third kappa shape index (κ3) is 3.64. The third-order valence-corrected chi connectivity index (χ3v) is 6.41. The maximum Gasteiger partial charge on any atom is 0.348 e. The van der Waals surface area contributed by atoms with E-state index in [0.717, 1.165) is 53.7 Å². The minimum Gasteiger partial charge on any atom is -0.465 e. The molecule has 1 saturated heterocycles. The van der Waals surface area contributed by atoms with E-state index in [9.17, 15) is 10.1 Å². The van der Waals surface area contributed by atoms with Gasteiger partial charge in [0.25, 0.3) is 0 Å². The highest BCUT2D eigenvalue weighted by Gasteiger charge is 2.31. The lowest BCUT2D eigenvalue weighted by molar-refractivity contribution is 0.0606. The number of carbonyl (C=O) groups excluding carboxylic acids is 1. The number of ether oxygens (including phenoxy) is 1. The van der Waals surface area contributed by atoms with Crippen LogP contribution in [0.2, 0.25) is 0 Å². The summed E-state index contributed by atoms with van der Waals surface area (Å²) in [5.74, 6) is 0.470. The van der Waals surface area contributed by atoms with Gasteiger partial charge >= 0.3 is 5.97 Å². The van der Waals surface area contributed by atoms with Crippen molar-refractivity contribution in [2.24, 2.45) is 4.99 Å². The lowest BCUT2D eigenvalue weighted by Crippen LogP contribution is -2.46. The highest BCUT2D eigenvalue weighted by atomic mass is 32.1. The van der Waals surface area contributed by atoms with E-state index >= 15 is 0 Å². The molecule has 0 aliphatic carbocycles. The van der Waals surface area contributed by atoms with Gasteiger partial charge in [-0.3, -0.25) is 0 Å². The first kappa shape index (κ1) is 19.2. The molecule has 148 valence electrons. The Labute approximate surface area is 174 Å². The molecule has 1 fully saturated rings. The molecule has 0 atom stereocenters. The number of esters is 1. The number of thiophene rings is 1. The molecule has 29 heavy (non-hydrogen) atoms. The smallest absolute Gasteiger partial charge is 0.348 e. The van der Waals surface area contributed by atoms with E-state index < -0.39 is 0 Å². The average molecular weight is 407 g/mol. The molecule has 0 N–H and O–H groups in total. The van der Waals surface area contributed by atoms with Gasteiger partial charge in [0.1, 0.15) is 4.88 Å². The second kappa shape index (κ2) is 8.10. The lowest BCUT2D eigenvalue weighted by Gasteiger charge is -2.39. The number of nitrogens with zero attached hydrogens (tertiary/aromatic N) is 4. The maximum absolute atomic E-state index is 12.0. The summed E-state index contributed by atoms with van der Waals surface area (Å²) in [4.78, 5) is 22.7. The molecule has 4 rings (SSSR count). The van der Waals surface area contributed by atoms with Crippen molar-refractivity contribution < 1.29 is 9.53 Å². The molecule has 2 aromatic rings. The summed E-state index contributed by atoms with van der Waals surface area (Å²) in [7, 11) is 1.38. The Morgan fingerprint density at radius 3 is 2.79 bits per heavy atom. The number of aliphatic imine (C=N–C) groups is 1. The van der Waals surface area contributed by atoms with Gasteiger partial charge in [-0.1, -0.05) is 24.8 Å². The van der Waals surface area contributed by atoms with Crippen LogP contribution in [-0.4, -0.2) is 41.9 Å². The summed E-state index contributed by atoms with van der Waals surface area (Å²) >= 11 is 1.34. The standard InChI is InChI=1S/C22H22N4O2S/c1-15-20-18(12-19(29-20)21(27)28-2)24-22(25-10-6-3-7-11-25)26(15)14-17-9-5-4-8-16(17)13-23/h4-5,8-9,12H,1,3,6-7,10-11,14H2,2H3. The predicted octanol–water partition coefficient (Wildman–Crippen LogP) is 4.37. The van der Waals surface area contributed by atoms with Crippen LogP contribution in [0.5, 0.6) is 0 Å². The minimum absolute atomic E-state index is 0.367. The quantitative estimate of drug-likeness (QED) is 0.708. The second-order valence-corrected chi connectivity index (χ2v) is 8.13. The van der Waals surface area contributed by atoms with Crippen molar-refractivity contribution in [3.05, 3.63) is 57.8 Å². The van der Waals surface area contributed by atoms with Crippen molar-refractivity contribution in [3.63, 3.8) is 0 Å². The van der Waals surface area contributed by atoms with Crippen LogP contribution in [0.3, 0.4) is 0 Å². The molecule has 6 nitrogen and oxygen atoms in total. The Bertz CT molecular complexity index is 1030. The van der Waals surface area contributed by atoms with E-state index in [4.69, 9.17) is 9.73 Å². The van der Waals surface area contributed by atoms with Gasteiger partial charge in [0, 0.05) is 13.1 Å². The van der Waals surface area contributed by atoms with Crippen LogP contribution in [0.15, 0.2) is 41.9 Å². The van der Waals surface area contributed by atoms with Crippen LogP contribution in [0.25, 0.3) is 5.70 Å². The predicted molar refractivity (Wildman–Crippen MR) is 114 cm³/mol. The number of methoxy groups -OCH3 is 1. The van der Waals surface area contributed by atoms with E-state index in [1.807, 2.05) is 24.3 Å². The van der Waals surface area contributed by atoms with Crippen LogP contribution < -0.4 is 0 Å². The van der Waals surface area contributed by atoms with Gasteiger partial charge in [0.15, 0.2) is 0 Å². The third-order valence-electron chi connectivity index (χ3n) is 5.25. The average Bonchev–Trinajstić information content (AvgIpc) is 3.20. The number of hydrogen-bond acceptors (Lipinski definition) is 7. The van der Waals surface area contributed by atoms with Crippen molar-refractivity contribution in [1.82, 2.24) is 9.80 Å². The van der Waals surface area contributed by atoms with Crippen LogP contribution in [0, 0.1) is 11.3 Å². The zero-order chi connectivity index (χ0) is 20.4. The monoisotopic (exact) mass is 406 g/mol. The van der Waals surface area contributed by atoms with Crippen LogP contribution >= 0.6 is 11.3 Å². The SMILES string of the molecule is C=C1c2sc(C(=O)OC)cc2N=C(N2CCCCC2)N1Cc1ccccc1C#N. The number of nitriles is 1. The van der Waals surface area contributed by atoms with E-state index in [0.29, 0.717) is 17.0 Å². The highest BCUT2D eigenvalue weighted by molar-refractivity contribution is 7.15. The number of likely N-dealkylation sites (tertiary alicyclic amines) is 1. The van der Waals surface area contributed by atoms with E-state index in [1.165, 1.54) is 24.9 Å². The molecule has 0 amide bonds. The Balaban J connectivity index is 1.76. The molecular formula is C22H22N4O2S. The highest BCUT2D eigenvalue weighted by Crippen LogP contribution is 2.41. The van der Waals surface area contributed by atoms with Crippen LogP contribution in [0.4, 0.5) is 5.69 Å². The van der Waals surface area contributed by atoms with Crippen molar-refractivity contribution in [2.45, 2.75) is 25.8 Å². The molecule has 0 unspecified atom stereocenters. The number of guanidine groups is 1. The van der Waals surface area contributed by atoms with Crippen molar-refractivity contribution >= 4 is 34.7 Å². The summed E-state index contributed by atoms with van der Waals surface area (Å²) in [6.07, 6.45) is 3.47. The molecule has 0 bridgehead atoms. The van der Waals surface area contributed by atoms with Gasteiger partial charge in [-0.25, -0.2) is 9.79 Å². The number of piperidine rings is 1. The molecule has 0 spiro atoms. The number of hydrogen-bond donors (Lipinski definition) is 0. The van der Waals surface area contributed by atoms with Crippen molar-refractivity contribution in [1.29, 1.82) is 5.26 Å².